The monoisotopic (exact) mass is 425 g/mol. The first kappa shape index (κ1) is 20.8. The highest BCUT2D eigenvalue weighted by Crippen LogP contribution is 2.22. The number of nitrogens with one attached hydrogen (secondary N) is 1. The quantitative estimate of drug-likeness (QED) is 0.614. The van der Waals surface area contributed by atoms with E-state index in [1.165, 1.54) is 4.31 Å². The van der Waals surface area contributed by atoms with E-state index < -0.39 is 10.0 Å². The summed E-state index contributed by atoms with van der Waals surface area (Å²) >= 11 is 0. The molecule has 158 valence electrons. The zero-order valence-electron chi connectivity index (χ0n) is 17.3. The van der Waals surface area contributed by atoms with Gasteiger partial charge in [-0.05, 0) is 29.7 Å². The van der Waals surface area contributed by atoms with Crippen molar-refractivity contribution in [1.82, 2.24) is 14.2 Å². The summed E-state index contributed by atoms with van der Waals surface area (Å²) < 4.78 is 27.5. The van der Waals surface area contributed by atoms with Crippen LogP contribution in [0.15, 0.2) is 59.6 Å². The SMILES string of the molecule is CC(C)c1ccc(S(=O)(=O)N2CCN(CC(=O)c3c[nH]c4ccccc34)CC2)cc1. The van der Waals surface area contributed by atoms with Crippen LogP contribution in [-0.4, -0.2) is 61.1 Å². The van der Waals surface area contributed by atoms with Crippen LogP contribution in [-0.2, 0) is 10.0 Å². The Morgan fingerprint density at radius 2 is 1.67 bits per heavy atom. The van der Waals surface area contributed by atoms with Gasteiger partial charge in [-0.25, -0.2) is 8.42 Å². The molecule has 1 saturated heterocycles. The van der Waals surface area contributed by atoms with Crippen molar-refractivity contribution in [3.8, 4) is 0 Å². The molecule has 1 aromatic heterocycles. The van der Waals surface area contributed by atoms with Crippen molar-refractivity contribution < 1.29 is 13.2 Å². The van der Waals surface area contributed by atoms with Crippen molar-refractivity contribution in [2.45, 2.75) is 24.7 Å². The van der Waals surface area contributed by atoms with Crippen LogP contribution in [0, 0.1) is 0 Å². The number of para-hydroxylation sites is 1. The second kappa shape index (κ2) is 8.34. The van der Waals surface area contributed by atoms with Crippen LogP contribution in [0.5, 0.6) is 0 Å². The zero-order chi connectivity index (χ0) is 21.3. The average molecular weight is 426 g/mol. The Labute approximate surface area is 177 Å². The third-order valence-corrected chi connectivity index (χ3v) is 7.69. The molecule has 6 nitrogen and oxygen atoms in total. The highest BCUT2D eigenvalue weighted by Gasteiger charge is 2.29. The molecule has 4 rings (SSSR count). The molecule has 0 unspecified atom stereocenters. The number of aromatic nitrogens is 1. The fraction of sp³-hybridized carbons (Fsp3) is 0.348. The Hall–Kier alpha value is -2.48. The van der Waals surface area contributed by atoms with Crippen LogP contribution < -0.4 is 0 Å². The maximum Gasteiger partial charge on any atom is 0.243 e. The Morgan fingerprint density at radius 3 is 2.33 bits per heavy atom. The van der Waals surface area contributed by atoms with Gasteiger partial charge in [0, 0.05) is 48.8 Å². The molecule has 1 aliphatic heterocycles. The summed E-state index contributed by atoms with van der Waals surface area (Å²) in [6.45, 7) is 6.30. The van der Waals surface area contributed by atoms with Crippen molar-refractivity contribution in [2.75, 3.05) is 32.7 Å². The van der Waals surface area contributed by atoms with Gasteiger partial charge < -0.3 is 4.98 Å². The Morgan fingerprint density at radius 1 is 1.00 bits per heavy atom. The topological polar surface area (TPSA) is 73.5 Å². The van der Waals surface area contributed by atoms with Crippen LogP contribution in [0.25, 0.3) is 10.9 Å². The third kappa shape index (κ3) is 4.05. The highest BCUT2D eigenvalue weighted by molar-refractivity contribution is 7.89. The minimum atomic E-state index is -3.51. The summed E-state index contributed by atoms with van der Waals surface area (Å²) in [7, 11) is -3.51. The average Bonchev–Trinajstić information content (AvgIpc) is 3.18. The fourth-order valence-electron chi connectivity index (χ4n) is 3.89. The predicted octanol–water partition coefficient (Wildman–Crippen LogP) is 3.48. The van der Waals surface area contributed by atoms with Crippen molar-refractivity contribution >= 4 is 26.7 Å². The minimum Gasteiger partial charge on any atom is -0.360 e. The normalized spacial score (nSPS) is 16.4. The third-order valence-electron chi connectivity index (χ3n) is 5.77. The number of ketones is 1. The van der Waals surface area contributed by atoms with E-state index >= 15 is 0 Å². The van der Waals surface area contributed by atoms with E-state index in [1.807, 2.05) is 41.3 Å². The first-order valence-corrected chi connectivity index (χ1v) is 11.7. The van der Waals surface area contributed by atoms with Crippen LogP contribution >= 0.6 is 0 Å². The van der Waals surface area contributed by atoms with Crippen LogP contribution in [0.3, 0.4) is 0 Å². The Balaban J connectivity index is 1.39. The summed E-state index contributed by atoms with van der Waals surface area (Å²) in [4.78, 5) is 18.3. The summed E-state index contributed by atoms with van der Waals surface area (Å²) in [6.07, 6.45) is 1.76. The number of rotatable bonds is 6. The molecule has 0 saturated carbocycles. The summed E-state index contributed by atoms with van der Waals surface area (Å²) in [6, 6.07) is 14.9. The molecule has 0 atom stereocenters. The molecule has 30 heavy (non-hydrogen) atoms. The number of Topliss-reactive ketones (excluding diaryl/α,β-unsaturated/α-hetero) is 1. The van der Waals surface area contributed by atoms with E-state index in [1.54, 1.807) is 18.3 Å². The maximum absolute atomic E-state index is 13.0. The number of hydrogen-bond acceptors (Lipinski definition) is 4. The van der Waals surface area contributed by atoms with Gasteiger partial charge >= 0.3 is 0 Å². The van der Waals surface area contributed by atoms with Gasteiger partial charge in [0.15, 0.2) is 5.78 Å². The fourth-order valence-corrected chi connectivity index (χ4v) is 5.31. The Bertz CT molecular complexity index is 1140. The van der Waals surface area contributed by atoms with Gasteiger partial charge in [0.05, 0.1) is 11.4 Å². The summed E-state index contributed by atoms with van der Waals surface area (Å²) in [5.41, 5.74) is 2.75. The molecule has 2 heterocycles. The van der Waals surface area contributed by atoms with E-state index in [4.69, 9.17) is 0 Å². The molecule has 0 spiro atoms. The van der Waals surface area contributed by atoms with Crippen molar-refractivity contribution in [3.63, 3.8) is 0 Å². The molecule has 1 fully saturated rings. The van der Waals surface area contributed by atoms with Gasteiger partial charge in [-0.1, -0.05) is 44.2 Å². The maximum atomic E-state index is 13.0. The molecule has 0 bridgehead atoms. The van der Waals surface area contributed by atoms with Crippen LogP contribution in [0.2, 0.25) is 0 Å². The number of aromatic amines is 1. The lowest BCUT2D eigenvalue weighted by molar-refractivity contribution is 0.0903. The van der Waals surface area contributed by atoms with E-state index in [9.17, 15) is 13.2 Å². The number of sulfonamides is 1. The summed E-state index contributed by atoms with van der Waals surface area (Å²) in [5.74, 6) is 0.410. The molecule has 0 amide bonds. The Kier molecular flexibility index (Phi) is 5.77. The number of fused-ring (bicyclic) bond motifs is 1. The zero-order valence-corrected chi connectivity index (χ0v) is 18.2. The standard InChI is InChI=1S/C23H27N3O3S/c1-17(2)18-7-9-19(10-8-18)30(28,29)26-13-11-25(12-14-26)16-23(27)21-15-24-22-6-4-3-5-20(21)22/h3-10,15,17,24H,11-14,16H2,1-2H3. The molecule has 3 aromatic rings. The second-order valence-corrected chi connectivity index (χ2v) is 10.0. The van der Waals surface area contributed by atoms with Crippen molar-refractivity contribution in [2.24, 2.45) is 0 Å². The molecule has 0 radical (unpaired) electrons. The van der Waals surface area contributed by atoms with Gasteiger partial charge in [-0.15, -0.1) is 0 Å². The van der Waals surface area contributed by atoms with Gasteiger partial charge in [0.2, 0.25) is 10.0 Å². The molecule has 1 aliphatic rings. The van der Waals surface area contributed by atoms with E-state index in [2.05, 4.69) is 18.8 Å². The number of piperazine rings is 1. The van der Waals surface area contributed by atoms with Crippen LogP contribution in [0.4, 0.5) is 0 Å². The number of carbonyl (C=O) groups excluding carboxylic acids is 1. The largest absolute Gasteiger partial charge is 0.360 e. The molecule has 2 aromatic carbocycles. The van der Waals surface area contributed by atoms with E-state index in [0.717, 1.165) is 16.5 Å². The first-order chi connectivity index (χ1) is 14.4. The number of hydrogen-bond donors (Lipinski definition) is 1. The second-order valence-electron chi connectivity index (χ2n) is 8.08. The highest BCUT2D eigenvalue weighted by atomic mass is 32.2. The first-order valence-electron chi connectivity index (χ1n) is 10.3. The number of nitrogens with zero attached hydrogens (tertiary/aromatic N) is 2. The number of carbonyl (C=O) groups is 1. The molecular weight excluding hydrogens is 398 g/mol. The van der Waals surface area contributed by atoms with Gasteiger partial charge in [0.1, 0.15) is 0 Å². The molecular formula is C23H27N3O3S. The summed E-state index contributed by atoms with van der Waals surface area (Å²) in [5, 5.41) is 0.925. The lowest BCUT2D eigenvalue weighted by Gasteiger charge is -2.33. The molecule has 7 heteroatoms. The smallest absolute Gasteiger partial charge is 0.243 e. The predicted molar refractivity (Wildman–Crippen MR) is 118 cm³/mol. The van der Waals surface area contributed by atoms with Gasteiger partial charge in [-0.2, -0.15) is 4.31 Å². The lowest BCUT2D eigenvalue weighted by atomic mass is 10.0. The van der Waals surface area contributed by atoms with Gasteiger partial charge in [0.25, 0.3) is 0 Å². The molecule has 0 aliphatic carbocycles. The lowest BCUT2D eigenvalue weighted by Crippen LogP contribution is -2.49. The minimum absolute atomic E-state index is 0.0491. The van der Waals surface area contributed by atoms with Crippen LogP contribution in [0.1, 0.15) is 35.7 Å². The number of H-pyrrole nitrogens is 1. The van der Waals surface area contributed by atoms with E-state index in [0.29, 0.717) is 49.1 Å². The number of benzene rings is 2. The molecule has 1 N–H and O–H groups in total. The van der Waals surface area contributed by atoms with Gasteiger partial charge in [-0.3, -0.25) is 9.69 Å². The van der Waals surface area contributed by atoms with E-state index in [-0.39, 0.29) is 5.78 Å². The van der Waals surface area contributed by atoms with Crippen molar-refractivity contribution in [3.05, 3.63) is 65.9 Å². The van der Waals surface area contributed by atoms with Crippen molar-refractivity contribution in [1.29, 1.82) is 0 Å².